The molecule has 2 rings (SSSR count). The molecule has 0 saturated heterocycles. The number of ether oxygens (including phenoxy) is 2. The molecule has 0 spiro atoms. The molecule has 116 valence electrons. The van der Waals surface area contributed by atoms with E-state index in [1.165, 1.54) is 0 Å². The van der Waals surface area contributed by atoms with Gasteiger partial charge in [0.1, 0.15) is 11.9 Å². The number of hydrogen-bond acceptors (Lipinski definition) is 4. The van der Waals surface area contributed by atoms with Crippen LogP contribution in [0.25, 0.3) is 0 Å². The van der Waals surface area contributed by atoms with Crippen LogP contribution in [0.3, 0.4) is 0 Å². The summed E-state index contributed by atoms with van der Waals surface area (Å²) in [5.41, 5.74) is 6.14. The van der Waals surface area contributed by atoms with Gasteiger partial charge in [0.15, 0.2) is 0 Å². The van der Waals surface area contributed by atoms with E-state index in [1.807, 2.05) is 24.3 Å². The minimum atomic E-state index is -0.672. The minimum absolute atomic E-state index is 0.0228. The van der Waals surface area contributed by atoms with Crippen molar-refractivity contribution in [2.45, 2.75) is 51.2 Å². The summed E-state index contributed by atoms with van der Waals surface area (Å²) >= 11 is 0. The first-order valence-corrected chi connectivity index (χ1v) is 7.63. The smallest absolute Gasteiger partial charge is 0.404 e. The van der Waals surface area contributed by atoms with Gasteiger partial charge in [0.2, 0.25) is 0 Å². The number of benzene rings is 1. The van der Waals surface area contributed by atoms with E-state index in [2.05, 4.69) is 12.2 Å². The Bertz CT molecular complexity index is 439. The molecule has 0 heterocycles. The van der Waals surface area contributed by atoms with E-state index in [0.29, 0.717) is 6.04 Å². The number of amides is 1. The number of hydrogen-bond donors (Lipinski definition) is 2. The number of nitrogens with one attached hydrogen (secondary N) is 1. The highest BCUT2D eigenvalue weighted by Crippen LogP contribution is 2.25. The van der Waals surface area contributed by atoms with Gasteiger partial charge in [-0.2, -0.15) is 0 Å². The van der Waals surface area contributed by atoms with Gasteiger partial charge in [-0.05, 0) is 56.4 Å². The Hall–Kier alpha value is -1.91. The normalized spacial score (nSPS) is 21.6. The summed E-state index contributed by atoms with van der Waals surface area (Å²) in [7, 11) is 0. The van der Waals surface area contributed by atoms with Crippen LogP contribution in [-0.2, 0) is 4.74 Å². The summed E-state index contributed by atoms with van der Waals surface area (Å²) in [4.78, 5) is 10.7. The lowest BCUT2D eigenvalue weighted by Gasteiger charge is -2.29. The molecule has 0 bridgehead atoms. The van der Waals surface area contributed by atoms with E-state index < -0.39 is 6.09 Å². The Kier molecular flexibility index (Phi) is 5.72. The second kappa shape index (κ2) is 7.76. The molecule has 1 aromatic carbocycles. The molecular formula is C16H24N2O3. The van der Waals surface area contributed by atoms with Gasteiger partial charge in [-0.25, -0.2) is 4.79 Å². The van der Waals surface area contributed by atoms with Crippen molar-refractivity contribution in [3.8, 4) is 5.75 Å². The summed E-state index contributed by atoms with van der Waals surface area (Å²) in [6.07, 6.45) is 3.99. The molecule has 1 aromatic rings. The molecule has 1 amide bonds. The van der Waals surface area contributed by atoms with E-state index in [-0.39, 0.29) is 6.10 Å². The van der Waals surface area contributed by atoms with Crippen molar-refractivity contribution in [3.05, 3.63) is 24.3 Å². The van der Waals surface area contributed by atoms with Crippen LogP contribution >= 0.6 is 0 Å². The second-order valence-corrected chi connectivity index (χ2v) is 5.43. The third-order valence-electron chi connectivity index (χ3n) is 3.65. The van der Waals surface area contributed by atoms with E-state index in [0.717, 1.165) is 50.1 Å². The first kappa shape index (κ1) is 15.5. The third-order valence-corrected chi connectivity index (χ3v) is 3.65. The van der Waals surface area contributed by atoms with Gasteiger partial charge in [0.25, 0.3) is 0 Å². The minimum Gasteiger partial charge on any atom is -0.494 e. The average molecular weight is 292 g/mol. The van der Waals surface area contributed by atoms with Crippen molar-refractivity contribution in [3.63, 3.8) is 0 Å². The number of carbonyl (C=O) groups is 1. The highest BCUT2D eigenvalue weighted by Gasteiger charge is 2.23. The lowest BCUT2D eigenvalue weighted by atomic mass is 9.93. The summed E-state index contributed by atoms with van der Waals surface area (Å²) in [5, 5.41) is 3.51. The zero-order valence-corrected chi connectivity index (χ0v) is 12.5. The Morgan fingerprint density at radius 2 is 1.90 bits per heavy atom. The summed E-state index contributed by atoms with van der Waals surface area (Å²) < 4.78 is 10.6. The van der Waals surface area contributed by atoms with Gasteiger partial charge >= 0.3 is 6.09 Å². The first-order chi connectivity index (χ1) is 10.2. The molecule has 1 saturated carbocycles. The highest BCUT2D eigenvalue weighted by atomic mass is 16.6. The molecule has 0 atom stereocenters. The quantitative estimate of drug-likeness (QED) is 0.843. The fourth-order valence-corrected chi connectivity index (χ4v) is 2.59. The lowest BCUT2D eigenvalue weighted by molar-refractivity contribution is 0.0806. The summed E-state index contributed by atoms with van der Waals surface area (Å²) in [6, 6.07) is 8.47. The first-order valence-electron chi connectivity index (χ1n) is 7.63. The average Bonchev–Trinajstić information content (AvgIpc) is 2.48. The fourth-order valence-electron chi connectivity index (χ4n) is 2.59. The Morgan fingerprint density at radius 3 is 2.48 bits per heavy atom. The number of anilines is 1. The lowest BCUT2D eigenvalue weighted by Crippen LogP contribution is -2.32. The Morgan fingerprint density at radius 1 is 1.24 bits per heavy atom. The molecule has 1 fully saturated rings. The van der Waals surface area contributed by atoms with Crippen molar-refractivity contribution >= 4 is 11.8 Å². The molecule has 21 heavy (non-hydrogen) atoms. The molecule has 0 aliphatic heterocycles. The molecule has 3 N–H and O–H groups in total. The van der Waals surface area contributed by atoms with Crippen LogP contribution in [0, 0.1) is 0 Å². The Labute approximate surface area is 125 Å². The van der Waals surface area contributed by atoms with Crippen LogP contribution in [0.4, 0.5) is 10.5 Å². The monoisotopic (exact) mass is 292 g/mol. The maximum absolute atomic E-state index is 10.7. The SMILES string of the molecule is CCCOc1ccc(NC2CCC(OC(N)=O)CC2)cc1. The molecule has 1 aliphatic carbocycles. The zero-order valence-electron chi connectivity index (χ0n) is 12.5. The van der Waals surface area contributed by atoms with Gasteiger partial charge in [-0.3, -0.25) is 0 Å². The van der Waals surface area contributed by atoms with Crippen molar-refractivity contribution in [2.24, 2.45) is 5.73 Å². The van der Waals surface area contributed by atoms with E-state index >= 15 is 0 Å². The summed E-state index contributed by atoms with van der Waals surface area (Å²) in [6.45, 7) is 2.84. The van der Waals surface area contributed by atoms with E-state index in [4.69, 9.17) is 15.2 Å². The molecule has 5 heteroatoms. The number of nitrogens with two attached hydrogens (primary N) is 1. The summed E-state index contributed by atoms with van der Waals surface area (Å²) in [5.74, 6) is 0.904. The van der Waals surface area contributed by atoms with Crippen LogP contribution in [-0.4, -0.2) is 24.8 Å². The molecular weight excluding hydrogens is 268 g/mol. The van der Waals surface area contributed by atoms with E-state index in [9.17, 15) is 4.79 Å². The standard InChI is InChI=1S/C16H24N2O3/c1-2-11-20-14-7-3-12(4-8-14)18-13-5-9-15(10-6-13)21-16(17)19/h3-4,7-8,13,15,18H,2,5-6,9-11H2,1H3,(H2,17,19). The zero-order chi connectivity index (χ0) is 15.1. The maximum Gasteiger partial charge on any atom is 0.404 e. The van der Waals surface area contributed by atoms with Crippen LogP contribution in [0.5, 0.6) is 5.75 Å². The third kappa shape index (κ3) is 5.17. The van der Waals surface area contributed by atoms with Gasteiger partial charge in [-0.15, -0.1) is 0 Å². The second-order valence-electron chi connectivity index (χ2n) is 5.43. The van der Waals surface area contributed by atoms with Gasteiger partial charge in [0, 0.05) is 11.7 Å². The van der Waals surface area contributed by atoms with Gasteiger partial charge in [0.05, 0.1) is 6.61 Å². The molecule has 5 nitrogen and oxygen atoms in total. The van der Waals surface area contributed by atoms with Crippen molar-refractivity contribution in [2.75, 3.05) is 11.9 Å². The van der Waals surface area contributed by atoms with E-state index in [1.54, 1.807) is 0 Å². The highest BCUT2D eigenvalue weighted by molar-refractivity contribution is 5.64. The number of primary amides is 1. The van der Waals surface area contributed by atoms with Crippen LogP contribution in [0.1, 0.15) is 39.0 Å². The predicted octanol–water partition coefficient (Wildman–Crippen LogP) is 3.29. The molecule has 0 radical (unpaired) electrons. The van der Waals surface area contributed by atoms with Gasteiger partial charge in [-0.1, -0.05) is 6.92 Å². The number of carbonyl (C=O) groups excluding carboxylic acids is 1. The van der Waals surface area contributed by atoms with Crippen LogP contribution in [0.15, 0.2) is 24.3 Å². The maximum atomic E-state index is 10.7. The van der Waals surface area contributed by atoms with Crippen LogP contribution < -0.4 is 15.8 Å². The van der Waals surface area contributed by atoms with Crippen LogP contribution in [0.2, 0.25) is 0 Å². The van der Waals surface area contributed by atoms with Crippen molar-refractivity contribution in [1.82, 2.24) is 0 Å². The predicted molar refractivity (Wildman–Crippen MR) is 82.6 cm³/mol. The molecule has 0 aromatic heterocycles. The van der Waals surface area contributed by atoms with Crippen molar-refractivity contribution in [1.29, 1.82) is 0 Å². The van der Waals surface area contributed by atoms with Gasteiger partial charge < -0.3 is 20.5 Å². The fraction of sp³-hybridized carbons (Fsp3) is 0.562. The molecule has 0 unspecified atom stereocenters. The topological polar surface area (TPSA) is 73.6 Å². The Balaban J connectivity index is 1.76. The molecule has 1 aliphatic rings. The van der Waals surface area contributed by atoms with Crippen molar-refractivity contribution < 1.29 is 14.3 Å². The number of rotatable bonds is 6. The largest absolute Gasteiger partial charge is 0.494 e.